The highest BCUT2D eigenvalue weighted by Crippen LogP contribution is 2.26. The van der Waals surface area contributed by atoms with Crippen molar-refractivity contribution < 1.29 is 9.84 Å². The highest BCUT2D eigenvalue weighted by Gasteiger charge is 2.31. The minimum absolute atomic E-state index is 0.166. The Labute approximate surface area is 109 Å². The topological polar surface area (TPSA) is 45.6 Å². The number of pyridine rings is 1. The zero-order valence-corrected chi connectivity index (χ0v) is 11.6. The highest BCUT2D eigenvalue weighted by molar-refractivity contribution is 5.42. The van der Waals surface area contributed by atoms with Gasteiger partial charge in [0.15, 0.2) is 0 Å². The Kier molecular flexibility index (Phi) is 3.59. The van der Waals surface area contributed by atoms with Gasteiger partial charge in [-0.15, -0.1) is 0 Å². The summed E-state index contributed by atoms with van der Waals surface area (Å²) in [5.74, 6) is 0.914. The lowest BCUT2D eigenvalue weighted by atomic mass is 10.1. The first-order valence-corrected chi connectivity index (χ1v) is 6.44. The summed E-state index contributed by atoms with van der Waals surface area (Å²) in [6, 6.07) is 3.81. The van der Waals surface area contributed by atoms with Crippen LogP contribution in [0.5, 0.6) is 0 Å². The lowest BCUT2D eigenvalue weighted by Gasteiger charge is -2.42. The second kappa shape index (κ2) is 4.86. The minimum atomic E-state index is -0.460. The molecule has 0 aromatic carbocycles. The van der Waals surface area contributed by atoms with Crippen LogP contribution in [0.15, 0.2) is 18.3 Å². The summed E-state index contributed by atoms with van der Waals surface area (Å²) in [6.45, 7) is 9.67. The van der Waals surface area contributed by atoms with E-state index in [1.165, 1.54) is 0 Å². The van der Waals surface area contributed by atoms with Crippen molar-refractivity contribution in [2.24, 2.45) is 0 Å². The normalized spacial score (nSPS) is 24.9. The monoisotopic (exact) mass is 250 g/mol. The van der Waals surface area contributed by atoms with Gasteiger partial charge in [-0.25, -0.2) is 4.98 Å². The van der Waals surface area contributed by atoms with E-state index in [9.17, 15) is 5.11 Å². The molecule has 1 fully saturated rings. The number of rotatable bonds is 2. The van der Waals surface area contributed by atoms with Crippen LogP contribution in [0.25, 0.3) is 0 Å². The molecule has 0 aliphatic carbocycles. The quantitative estimate of drug-likeness (QED) is 0.873. The first-order chi connectivity index (χ1) is 8.37. The Morgan fingerprint density at radius 3 is 2.89 bits per heavy atom. The van der Waals surface area contributed by atoms with Crippen molar-refractivity contribution in [3.8, 4) is 0 Å². The van der Waals surface area contributed by atoms with E-state index in [4.69, 9.17) is 4.74 Å². The molecule has 100 valence electrons. The number of hydrogen-bond acceptors (Lipinski definition) is 4. The summed E-state index contributed by atoms with van der Waals surface area (Å²) in [4.78, 5) is 6.63. The highest BCUT2D eigenvalue weighted by atomic mass is 16.5. The molecule has 0 bridgehead atoms. The molecule has 0 spiro atoms. The van der Waals surface area contributed by atoms with E-state index in [2.05, 4.69) is 30.7 Å². The summed E-state index contributed by atoms with van der Waals surface area (Å²) in [7, 11) is 0. The van der Waals surface area contributed by atoms with Crippen LogP contribution in [0.2, 0.25) is 0 Å². The van der Waals surface area contributed by atoms with Gasteiger partial charge in [0.2, 0.25) is 0 Å². The largest absolute Gasteiger partial charge is 0.389 e. The van der Waals surface area contributed by atoms with Gasteiger partial charge in [0.25, 0.3) is 0 Å². The Hall–Kier alpha value is -1.13. The molecule has 18 heavy (non-hydrogen) atoms. The fraction of sp³-hybridized carbons (Fsp3) is 0.643. The lowest BCUT2D eigenvalue weighted by molar-refractivity contribution is -0.0751. The molecular formula is C14H22N2O2. The maximum atomic E-state index is 9.63. The summed E-state index contributed by atoms with van der Waals surface area (Å²) in [5.41, 5.74) is 0.733. The fourth-order valence-corrected chi connectivity index (χ4v) is 2.50. The van der Waals surface area contributed by atoms with E-state index in [1.807, 2.05) is 12.1 Å². The predicted molar refractivity (Wildman–Crippen MR) is 71.7 cm³/mol. The molecule has 1 aliphatic heterocycles. The van der Waals surface area contributed by atoms with Gasteiger partial charge >= 0.3 is 0 Å². The predicted octanol–water partition coefficient (Wildman–Crippen LogP) is 2.14. The van der Waals surface area contributed by atoms with E-state index in [1.54, 1.807) is 13.1 Å². The van der Waals surface area contributed by atoms with Gasteiger partial charge in [0.1, 0.15) is 5.82 Å². The standard InChI is InChI=1S/C14H22N2O2/c1-10-8-16(9-14(3,4)18-10)13-7-12(11(2)17)5-6-15-13/h5-7,10-11,17H,8-9H2,1-4H3/t10?,11-/m1/s1. The first kappa shape index (κ1) is 13.3. The number of hydrogen-bond donors (Lipinski definition) is 1. The van der Waals surface area contributed by atoms with Crippen LogP contribution in [0, 0.1) is 0 Å². The lowest BCUT2D eigenvalue weighted by Crippen LogP contribution is -2.52. The van der Waals surface area contributed by atoms with Gasteiger partial charge in [0, 0.05) is 19.3 Å². The maximum Gasteiger partial charge on any atom is 0.129 e. The molecule has 2 rings (SSSR count). The van der Waals surface area contributed by atoms with E-state index in [0.717, 1.165) is 24.5 Å². The molecule has 2 atom stereocenters. The van der Waals surface area contributed by atoms with Crippen LogP contribution >= 0.6 is 0 Å². The Bertz CT molecular complexity index is 418. The number of aliphatic hydroxyl groups excluding tert-OH is 1. The summed E-state index contributed by atoms with van der Waals surface area (Å²) >= 11 is 0. The maximum absolute atomic E-state index is 9.63. The molecule has 1 aromatic heterocycles. The van der Waals surface area contributed by atoms with Crippen molar-refractivity contribution >= 4 is 5.82 Å². The van der Waals surface area contributed by atoms with Crippen LogP contribution in [0.1, 0.15) is 39.4 Å². The van der Waals surface area contributed by atoms with Crippen molar-refractivity contribution in [3.05, 3.63) is 23.9 Å². The minimum Gasteiger partial charge on any atom is -0.389 e. The summed E-state index contributed by atoms with van der Waals surface area (Å²) in [6.07, 6.45) is 1.48. The second-order valence-electron chi connectivity index (χ2n) is 5.69. The number of morpholine rings is 1. The van der Waals surface area contributed by atoms with Crippen LogP contribution in [-0.2, 0) is 4.74 Å². The Morgan fingerprint density at radius 1 is 1.56 bits per heavy atom. The third-order valence-electron chi connectivity index (χ3n) is 3.15. The number of ether oxygens (including phenoxy) is 1. The van der Waals surface area contributed by atoms with Gasteiger partial charge in [-0.2, -0.15) is 0 Å². The molecule has 0 amide bonds. The molecule has 4 heteroatoms. The van der Waals surface area contributed by atoms with Gasteiger partial charge in [-0.3, -0.25) is 0 Å². The number of aromatic nitrogens is 1. The van der Waals surface area contributed by atoms with Crippen molar-refractivity contribution in [1.29, 1.82) is 0 Å². The van der Waals surface area contributed by atoms with Crippen LogP contribution in [0.3, 0.4) is 0 Å². The van der Waals surface area contributed by atoms with Crippen molar-refractivity contribution in [3.63, 3.8) is 0 Å². The molecule has 0 radical (unpaired) electrons. The van der Waals surface area contributed by atoms with Gasteiger partial charge in [-0.05, 0) is 45.4 Å². The third-order valence-corrected chi connectivity index (χ3v) is 3.15. The first-order valence-electron chi connectivity index (χ1n) is 6.44. The molecule has 0 saturated carbocycles. The fourth-order valence-electron chi connectivity index (χ4n) is 2.50. The zero-order chi connectivity index (χ0) is 13.3. The van der Waals surface area contributed by atoms with E-state index in [-0.39, 0.29) is 11.7 Å². The summed E-state index contributed by atoms with van der Waals surface area (Å²) < 4.78 is 5.88. The SMILES string of the molecule is CC1CN(c2cc([C@@H](C)O)ccn2)CC(C)(C)O1. The van der Waals surface area contributed by atoms with Crippen molar-refractivity contribution in [2.45, 2.75) is 45.5 Å². The van der Waals surface area contributed by atoms with Gasteiger partial charge in [-0.1, -0.05) is 0 Å². The molecule has 1 saturated heterocycles. The van der Waals surface area contributed by atoms with Crippen LogP contribution < -0.4 is 4.90 Å². The number of anilines is 1. The molecule has 2 heterocycles. The van der Waals surface area contributed by atoms with E-state index >= 15 is 0 Å². The molecule has 1 unspecified atom stereocenters. The van der Waals surface area contributed by atoms with E-state index < -0.39 is 6.10 Å². The van der Waals surface area contributed by atoms with Crippen LogP contribution in [0.4, 0.5) is 5.82 Å². The third kappa shape index (κ3) is 3.00. The van der Waals surface area contributed by atoms with Crippen molar-refractivity contribution in [1.82, 2.24) is 4.98 Å². The Balaban J connectivity index is 2.23. The van der Waals surface area contributed by atoms with Crippen molar-refractivity contribution in [2.75, 3.05) is 18.0 Å². The molecule has 4 nitrogen and oxygen atoms in total. The van der Waals surface area contributed by atoms with Gasteiger partial charge in [0.05, 0.1) is 17.8 Å². The zero-order valence-electron chi connectivity index (χ0n) is 11.6. The average Bonchev–Trinajstić information content (AvgIpc) is 2.26. The smallest absolute Gasteiger partial charge is 0.129 e. The van der Waals surface area contributed by atoms with Gasteiger partial charge < -0.3 is 14.7 Å². The van der Waals surface area contributed by atoms with Crippen LogP contribution in [-0.4, -0.2) is 34.9 Å². The Morgan fingerprint density at radius 2 is 2.28 bits per heavy atom. The average molecular weight is 250 g/mol. The summed E-state index contributed by atoms with van der Waals surface area (Å²) in [5, 5.41) is 9.63. The molecule has 1 aromatic rings. The second-order valence-corrected chi connectivity index (χ2v) is 5.69. The molecule has 1 aliphatic rings. The molecular weight excluding hydrogens is 228 g/mol. The molecule has 1 N–H and O–H groups in total. The van der Waals surface area contributed by atoms with E-state index in [0.29, 0.717) is 0 Å². The number of aliphatic hydroxyl groups is 1. The number of nitrogens with zero attached hydrogens (tertiary/aromatic N) is 2.